The second-order valence-electron chi connectivity index (χ2n) is 29.8. The highest BCUT2D eigenvalue weighted by atomic mass is 16.9. The van der Waals surface area contributed by atoms with Gasteiger partial charge >= 0.3 is 23.9 Å². The number of aliphatic hydroxyl groups excluding tert-OH is 14. The lowest BCUT2D eigenvalue weighted by Crippen LogP contribution is -2.75. The summed E-state index contributed by atoms with van der Waals surface area (Å²) in [6.07, 6.45) is -30.6. The second kappa shape index (κ2) is 24.4. The number of rotatable bonds is 12. The summed E-state index contributed by atoms with van der Waals surface area (Å²) in [7, 11) is 0. The Morgan fingerprint density at radius 2 is 1.27 bits per heavy atom. The molecule has 0 spiro atoms. The maximum atomic E-state index is 14.9. The first-order chi connectivity index (χ1) is 41.2. The molecular formula is C61H98O28. The normalized spacial score (nSPS) is 54.7. The van der Waals surface area contributed by atoms with Crippen molar-refractivity contribution in [1.82, 2.24) is 0 Å². The topological polar surface area (TPSA) is 450 Å². The zero-order valence-electron chi connectivity index (χ0n) is 52.2. The molecular weight excluding hydrogens is 1180 g/mol. The molecule has 28 nitrogen and oxygen atoms in total. The Labute approximate surface area is 516 Å². The summed E-state index contributed by atoms with van der Waals surface area (Å²) in [6.45, 7) is 16.9. The molecule has 16 N–H and O–H groups in total. The predicted octanol–water partition coefficient (Wildman–Crippen LogP) is -3.06. The summed E-state index contributed by atoms with van der Waals surface area (Å²) in [5, 5.41) is 178. The molecule has 9 fully saturated rings. The van der Waals surface area contributed by atoms with Crippen LogP contribution in [0.1, 0.15) is 127 Å². The van der Waals surface area contributed by atoms with Gasteiger partial charge in [0.2, 0.25) is 5.79 Å². The van der Waals surface area contributed by atoms with E-state index < -0.39 is 201 Å². The van der Waals surface area contributed by atoms with E-state index in [2.05, 4.69) is 40.7 Å². The zero-order valence-corrected chi connectivity index (χ0v) is 52.2. The molecule has 0 amide bonds. The number of hydrogen-bond acceptors (Lipinski definition) is 28. The lowest BCUT2D eigenvalue weighted by atomic mass is 9.34. The number of hydrogen-bond donors (Lipinski definition) is 16. The van der Waals surface area contributed by atoms with E-state index in [0.717, 1.165) is 19.8 Å². The average molecular weight is 1280 g/mol. The quantitative estimate of drug-likeness (QED) is 0.0399. The van der Waals surface area contributed by atoms with Gasteiger partial charge in [0.15, 0.2) is 18.5 Å². The number of ether oxygens (including phenoxy) is 10. The maximum Gasteiger partial charge on any atom is 0.357 e. The molecule has 89 heavy (non-hydrogen) atoms. The van der Waals surface area contributed by atoms with Crippen LogP contribution in [0.25, 0.3) is 0 Å². The number of allylic oxidation sites excluding steroid dienone is 2. The number of carbonyl (C=O) groups is 2. The van der Waals surface area contributed by atoms with E-state index >= 15 is 0 Å². The van der Waals surface area contributed by atoms with E-state index in [0.29, 0.717) is 44.9 Å². The maximum absolute atomic E-state index is 14.9. The van der Waals surface area contributed by atoms with Crippen molar-refractivity contribution in [2.75, 3.05) is 19.8 Å². The smallest absolute Gasteiger partial charge is 0.357 e. The summed E-state index contributed by atoms with van der Waals surface area (Å²) < 4.78 is 57.9. The highest BCUT2D eigenvalue weighted by Gasteiger charge is 2.71. The molecule has 510 valence electrons. The van der Waals surface area contributed by atoms with Gasteiger partial charge in [-0.2, -0.15) is 0 Å². The molecule has 0 aromatic rings. The summed E-state index contributed by atoms with van der Waals surface area (Å²) in [5.41, 5.74) is -0.791. The van der Waals surface area contributed by atoms with E-state index in [1.165, 1.54) is 19.4 Å². The van der Waals surface area contributed by atoms with Crippen molar-refractivity contribution in [2.45, 2.75) is 279 Å². The fourth-order valence-corrected chi connectivity index (χ4v) is 18.4. The van der Waals surface area contributed by atoms with E-state index in [9.17, 15) is 91.3 Å². The van der Waals surface area contributed by atoms with E-state index in [-0.39, 0.29) is 39.9 Å². The summed E-state index contributed by atoms with van der Waals surface area (Å²) in [5.74, 6) is -11.9. The molecule has 0 bridgehead atoms. The van der Waals surface area contributed by atoms with Crippen molar-refractivity contribution >= 4 is 11.9 Å². The Kier molecular flexibility index (Phi) is 19.1. The van der Waals surface area contributed by atoms with Gasteiger partial charge in [-0.25, -0.2) is 0 Å². The minimum atomic E-state index is -3.34. The molecule has 0 radical (unpaired) electrons. The van der Waals surface area contributed by atoms with Gasteiger partial charge < -0.3 is 129 Å². The molecule has 10 rings (SSSR count). The Bertz CT molecular complexity index is 2590. The van der Waals surface area contributed by atoms with Crippen molar-refractivity contribution in [3.63, 3.8) is 0 Å². The van der Waals surface area contributed by atoms with Crippen LogP contribution in [-0.2, 0) is 57.0 Å². The van der Waals surface area contributed by atoms with Gasteiger partial charge in [0.1, 0.15) is 104 Å². The average Bonchev–Trinajstić information content (AvgIpc) is 0.682. The molecule has 5 heterocycles. The lowest BCUT2D eigenvalue weighted by Gasteiger charge is -2.71. The Hall–Kier alpha value is -2.28. The summed E-state index contributed by atoms with van der Waals surface area (Å²) in [6, 6.07) is 0. The van der Waals surface area contributed by atoms with Gasteiger partial charge in [0, 0.05) is 6.92 Å². The third-order valence-corrected chi connectivity index (χ3v) is 23.6. The number of esters is 2. The molecule has 0 aromatic carbocycles. The molecule has 5 aliphatic carbocycles. The largest absolute Gasteiger partial charge is 0.463 e. The van der Waals surface area contributed by atoms with Crippen LogP contribution in [0.4, 0.5) is 0 Å². The van der Waals surface area contributed by atoms with Gasteiger partial charge in [-0.15, -0.1) is 0 Å². The van der Waals surface area contributed by atoms with Gasteiger partial charge in [0.05, 0.1) is 37.4 Å². The minimum absolute atomic E-state index is 0.0277. The summed E-state index contributed by atoms with van der Waals surface area (Å²) >= 11 is 0. The van der Waals surface area contributed by atoms with Crippen molar-refractivity contribution in [2.24, 2.45) is 56.7 Å². The molecule has 33 atom stereocenters. The van der Waals surface area contributed by atoms with Crippen LogP contribution in [-0.4, -0.2) is 266 Å². The lowest BCUT2D eigenvalue weighted by molar-refractivity contribution is -0.473. The van der Waals surface area contributed by atoms with E-state index in [1.54, 1.807) is 0 Å². The molecule has 0 aromatic heterocycles. The first-order valence-corrected chi connectivity index (χ1v) is 31.6. The molecule has 5 saturated heterocycles. The molecule has 28 heteroatoms. The monoisotopic (exact) mass is 1280 g/mol. The number of carbonyl (C=O) groups excluding carboxylic acids is 2. The van der Waals surface area contributed by atoms with Gasteiger partial charge in [-0.3, -0.25) is 9.59 Å². The van der Waals surface area contributed by atoms with E-state index in [4.69, 9.17) is 47.4 Å². The molecule has 10 aliphatic rings. The van der Waals surface area contributed by atoms with Crippen LogP contribution in [0, 0.1) is 56.7 Å². The first-order valence-electron chi connectivity index (χ1n) is 31.6. The van der Waals surface area contributed by atoms with Crippen molar-refractivity contribution in [3.8, 4) is 0 Å². The highest BCUT2D eigenvalue weighted by molar-refractivity contribution is 5.74. The van der Waals surface area contributed by atoms with Crippen LogP contribution in [0.2, 0.25) is 0 Å². The fraction of sp³-hybridized carbons (Fsp3) is 0.934. The minimum Gasteiger partial charge on any atom is -0.463 e. The third-order valence-electron chi connectivity index (χ3n) is 23.6. The predicted molar refractivity (Wildman–Crippen MR) is 298 cm³/mol. The molecule has 5 aliphatic heterocycles. The number of aliphatic hydroxyl groups is 16. The fourth-order valence-electron chi connectivity index (χ4n) is 18.4. The first kappa shape index (κ1) is 69.5. The third kappa shape index (κ3) is 11.5. The van der Waals surface area contributed by atoms with Crippen LogP contribution in [0.3, 0.4) is 0 Å². The zero-order chi connectivity index (χ0) is 65.6. The van der Waals surface area contributed by atoms with Crippen molar-refractivity contribution in [3.05, 3.63) is 11.6 Å². The van der Waals surface area contributed by atoms with Gasteiger partial charge in [-0.1, -0.05) is 60.1 Å². The standard InChI is InChI=1S/C61H98O28/c1-24-37(64)41(68)45(72)53(83-24)84-47-33(22-80-26(3)62)87-60(78,50(76)46(47)73)82-23-32-40(67)43(70)49(75)61(79,86-32)89-52(77)29-20-54(4,5)19-28-27(29)13-17-57(9)30(28)11-12-35-56(8)16-15-36(55(6,7)34(56)14-18-58(35,57)10)88-59(48(74)42(69)38(65)25(2)85-59)51-44(71)39(66)31(63)21-81-51/h11,24-25,27-29,31-51,53,63-76,78-79H,12-23H2,1-10H3/t24-,25-,27?,28-,29-,31+,32?,33?,34?,35?,36+,37-,38-,39-,40-,41+,42+,43?,44-,45+,46?,47-,48+,49+,50+,51?,53?,56+,57-,58-,59?,60+,61-/m1/s1. The van der Waals surface area contributed by atoms with Crippen LogP contribution in [0.15, 0.2) is 11.6 Å². The summed E-state index contributed by atoms with van der Waals surface area (Å²) in [4.78, 5) is 26.8. The van der Waals surface area contributed by atoms with Crippen molar-refractivity contribution in [1.29, 1.82) is 0 Å². The van der Waals surface area contributed by atoms with E-state index in [1.807, 2.05) is 13.8 Å². The Balaban J connectivity index is 0.844. The van der Waals surface area contributed by atoms with Crippen LogP contribution < -0.4 is 0 Å². The molecule has 4 saturated carbocycles. The second-order valence-corrected chi connectivity index (χ2v) is 29.8. The van der Waals surface area contributed by atoms with Crippen LogP contribution >= 0.6 is 0 Å². The Morgan fingerprint density at radius 1 is 0.629 bits per heavy atom. The van der Waals surface area contributed by atoms with Gasteiger partial charge in [-0.05, 0) is 122 Å². The SMILES string of the molecule is CC(=O)OCC1O[C@@](O)(OCC2O[C@@](O)(OC(=O)[C@@H]3CC(C)(C)C[C@H]4C5=CCC6[C@@]7(C)CC[C@H](OC8(C9OC[C@H](O)[C@@H](O)[C@H]9O)O[C@H](C)[C@@H](O)[C@H](O)[C@@H]8O)C(C)(C)C7CC[C@@]6(C)[C@]5(C)CCC34)[C@@H](O)C(O)[C@@H]2O)[C@@H](O)C(O)[C@@H]1OC1O[C@H](C)[C@@H](O)[C@H](O)[C@@H]1O. The van der Waals surface area contributed by atoms with Crippen LogP contribution in [0.5, 0.6) is 0 Å². The van der Waals surface area contributed by atoms with Crippen molar-refractivity contribution < 1.29 is 139 Å². The number of fused-ring (bicyclic) bond motifs is 7. The van der Waals surface area contributed by atoms with Gasteiger partial charge in [0.25, 0.3) is 0 Å². The highest BCUT2D eigenvalue weighted by Crippen LogP contribution is 2.75. The Morgan fingerprint density at radius 3 is 1.94 bits per heavy atom. The molecule has 10 unspecified atom stereocenters.